The predicted octanol–water partition coefficient (Wildman–Crippen LogP) is 2.59. The average molecular weight is 337 g/mol. The topological polar surface area (TPSA) is 47.5 Å². The summed E-state index contributed by atoms with van der Waals surface area (Å²) >= 11 is 0. The van der Waals surface area contributed by atoms with Gasteiger partial charge in [-0.1, -0.05) is 18.2 Å². The van der Waals surface area contributed by atoms with Gasteiger partial charge in [-0.05, 0) is 36.6 Å². The summed E-state index contributed by atoms with van der Waals surface area (Å²) in [5, 5.41) is 0. The SMILES string of the molecule is C1=C(CN2CCO[C@@H](CCc3ccncn3)C2)COc2ccccc21. The minimum Gasteiger partial charge on any atom is -0.489 e. The second kappa shape index (κ2) is 7.76. The van der Waals surface area contributed by atoms with Crippen molar-refractivity contribution in [1.82, 2.24) is 14.9 Å². The summed E-state index contributed by atoms with van der Waals surface area (Å²) in [4.78, 5) is 10.7. The number of fused-ring (bicyclic) bond motifs is 1. The van der Waals surface area contributed by atoms with Crippen LogP contribution < -0.4 is 4.74 Å². The van der Waals surface area contributed by atoms with Gasteiger partial charge < -0.3 is 9.47 Å². The summed E-state index contributed by atoms with van der Waals surface area (Å²) in [5.74, 6) is 0.982. The maximum absolute atomic E-state index is 5.94. The lowest BCUT2D eigenvalue weighted by molar-refractivity contribution is -0.0292. The van der Waals surface area contributed by atoms with Crippen molar-refractivity contribution < 1.29 is 9.47 Å². The molecule has 5 nitrogen and oxygen atoms in total. The predicted molar refractivity (Wildman–Crippen MR) is 96.4 cm³/mol. The highest BCUT2D eigenvalue weighted by atomic mass is 16.5. The van der Waals surface area contributed by atoms with E-state index in [-0.39, 0.29) is 6.10 Å². The number of rotatable bonds is 5. The molecule has 5 heteroatoms. The molecule has 3 heterocycles. The quantitative estimate of drug-likeness (QED) is 0.839. The third-order valence-corrected chi connectivity index (χ3v) is 4.71. The van der Waals surface area contributed by atoms with E-state index in [4.69, 9.17) is 9.47 Å². The molecule has 1 atom stereocenters. The molecule has 2 aromatic rings. The van der Waals surface area contributed by atoms with Crippen LogP contribution in [0.3, 0.4) is 0 Å². The second-order valence-corrected chi connectivity index (χ2v) is 6.60. The Hall–Kier alpha value is -2.24. The highest BCUT2D eigenvalue weighted by Gasteiger charge is 2.22. The van der Waals surface area contributed by atoms with Gasteiger partial charge in [-0.25, -0.2) is 9.97 Å². The molecular weight excluding hydrogens is 314 g/mol. The summed E-state index contributed by atoms with van der Waals surface area (Å²) < 4.78 is 11.8. The molecule has 0 spiro atoms. The zero-order chi connectivity index (χ0) is 16.9. The normalized spacial score (nSPS) is 20.5. The molecular formula is C20H23N3O2. The summed E-state index contributed by atoms with van der Waals surface area (Å²) in [7, 11) is 0. The molecule has 1 aromatic heterocycles. The van der Waals surface area contributed by atoms with E-state index in [0.717, 1.165) is 50.5 Å². The fourth-order valence-electron chi connectivity index (χ4n) is 3.42. The molecule has 0 unspecified atom stereocenters. The molecule has 25 heavy (non-hydrogen) atoms. The standard InChI is InChI=1S/C20H23N3O2/c1-2-4-20-17(3-1)11-16(14-25-20)12-23-9-10-24-19(13-23)6-5-18-7-8-21-15-22-18/h1-4,7-8,11,15,19H,5-6,9-10,12-14H2/t19-/m0/s1. The largest absolute Gasteiger partial charge is 0.489 e. The van der Waals surface area contributed by atoms with E-state index in [1.165, 1.54) is 11.1 Å². The van der Waals surface area contributed by atoms with Crippen LogP contribution in [-0.4, -0.2) is 53.8 Å². The van der Waals surface area contributed by atoms with E-state index in [0.29, 0.717) is 6.61 Å². The van der Waals surface area contributed by atoms with Crippen LogP contribution in [0.15, 0.2) is 48.4 Å². The van der Waals surface area contributed by atoms with Crippen molar-refractivity contribution in [1.29, 1.82) is 0 Å². The molecule has 0 radical (unpaired) electrons. The number of aromatic nitrogens is 2. The van der Waals surface area contributed by atoms with Crippen LogP contribution in [0.25, 0.3) is 6.08 Å². The Kier molecular flexibility index (Phi) is 5.04. The number of benzene rings is 1. The van der Waals surface area contributed by atoms with E-state index in [2.05, 4.69) is 33.1 Å². The third-order valence-electron chi connectivity index (χ3n) is 4.71. The van der Waals surface area contributed by atoms with Gasteiger partial charge in [-0.3, -0.25) is 4.90 Å². The van der Waals surface area contributed by atoms with Crippen LogP contribution >= 0.6 is 0 Å². The second-order valence-electron chi connectivity index (χ2n) is 6.60. The maximum Gasteiger partial charge on any atom is 0.127 e. The lowest BCUT2D eigenvalue weighted by Crippen LogP contribution is -2.43. The number of hydrogen-bond donors (Lipinski definition) is 0. The molecule has 0 aliphatic carbocycles. The number of aryl methyl sites for hydroxylation is 1. The first-order valence-corrected chi connectivity index (χ1v) is 8.87. The fourth-order valence-corrected chi connectivity index (χ4v) is 3.42. The molecule has 0 bridgehead atoms. The van der Waals surface area contributed by atoms with Crippen LogP contribution in [0.1, 0.15) is 17.7 Å². The van der Waals surface area contributed by atoms with Crippen LogP contribution in [0.2, 0.25) is 0 Å². The number of morpholine rings is 1. The minimum absolute atomic E-state index is 0.265. The molecule has 2 aliphatic heterocycles. The van der Waals surface area contributed by atoms with Gasteiger partial charge in [0.15, 0.2) is 0 Å². The number of hydrogen-bond acceptors (Lipinski definition) is 5. The van der Waals surface area contributed by atoms with Crippen molar-refractivity contribution in [3.8, 4) is 5.75 Å². The lowest BCUT2D eigenvalue weighted by atomic mass is 10.1. The van der Waals surface area contributed by atoms with Gasteiger partial charge in [0.1, 0.15) is 18.7 Å². The monoisotopic (exact) mass is 337 g/mol. The van der Waals surface area contributed by atoms with Gasteiger partial charge in [0, 0.05) is 37.1 Å². The molecule has 4 rings (SSSR count). The Labute approximate surface area is 148 Å². The van der Waals surface area contributed by atoms with Gasteiger partial charge >= 0.3 is 0 Å². The van der Waals surface area contributed by atoms with E-state index in [1.807, 2.05) is 18.2 Å². The van der Waals surface area contributed by atoms with Crippen molar-refractivity contribution in [2.45, 2.75) is 18.9 Å². The van der Waals surface area contributed by atoms with Gasteiger partial charge in [0.05, 0.1) is 12.7 Å². The van der Waals surface area contributed by atoms with Crippen molar-refractivity contribution in [3.63, 3.8) is 0 Å². The molecule has 2 aliphatic rings. The van der Waals surface area contributed by atoms with Crippen molar-refractivity contribution in [2.24, 2.45) is 0 Å². The van der Waals surface area contributed by atoms with E-state index in [9.17, 15) is 0 Å². The zero-order valence-electron chi connectivity index (χ0n) is 14.3. The van der Waals surface area contributed by atoms with Crippen LogP contribution in [0.4, 0.5) is 0 Å². The molecule has 0 N–H and O–H groups in total. The Balaban J connectivity index is 1.32. The molecule has 0 amide bonds. The van der Waals surface area contributed by atoms with E-state index < -0.39 is 0 Å². The van der Waals surface area contributed by atoms with Gasteiger partial charge in [-0.15, -0.1) is 0 Å². The highest BCUT2D eigenvalue weighted by Crippen LogP contribution is 2.26. The van der Waals surface area contributed by atoms with Gasteiger partial charge in [0.2, 0.25) is 0 Å². The summed E-state index contributed by atoms with van der Waals surface area (Å²) in [5.41, 5.74) is 3.59. The zero-order valence-corrected chi connectivity index (χ0v) is 14.3. The van der Waals surface area contributed by atoms with Crippen LogP contribution in [0, 0.1) is 0 Å². The van der Waals surface area contributed by atoms with Crippen molar-refractivity contribution >= 4 is 6.08 Å². The first-order valence-electron chi connectivity index (χ1n) is 8.87. The lowest BCUT2D eigenvalue weighted by Gasteiger charge is -2.34. The third kappa shape index (κ3) is 4.24. The Morgan fingerprint density at radius 2 is 2.16 bits per heavy atom. The average Bonchev–Trinajstić information content (AvgIpc) is 2.67. The first-order chi connectivity index (χ1) is 12.4. The summed E-state index contributed by atoms with van der Waals surface area (Å²) in [6, 6.07) is 10.2. The van der Waals surface area contributed by atoms with Crippen molar-refractivity contribution in [3.05, 3.63) is 59.7 Å². The minimum atomic E-state index is 0.265. The molecule has 130 valence electrons. The molecule has 0 saturated carbocycles. The van der Waals surface area contributed by atoms with Gasteiger partial charge in [-0.2, -0.15) is 0 Å². The fraction of sp³-hybridized carbons (Fsp3) is 0.400. The number of para-hydroxylation sites is 1. The number of nitrogens with zero attached hydrogens (tertiary/aromatic N) is 3. The van der Waals surface area contributed by atoms with Crippen LogP contribution in [0.5, 0.6) is 5.75 Å². The highest BCUT2D eigenvalue weighted by molar-refractivity contribution is 5.62. The first kappa shape index (κ1) is 16.2. The Bertz CT molecular complexity index is 733. The Morgan fingerprint density at radius 1 is 1.20 bits per heavy atom. The smallest absolute Gasteiger partial charge is 0.127 e. The maximum atomic E-state index is 5.94. The van der Waals surface area contributed by atoms with Crippen LogP contribution in [-0.2, 0) is 11.2 Å². The number of ether oxygens (including phenoxy) is 2. The Morgan fingerprint density at radius 3 is 3.08 bits per heavy atom. The molecule has 1 aromatic carbocycles. The van der Waals surface area contributed by atoms with E-state index >= 15 is 0 Å². The molecule has 1 fully saturated rings. The summed E-state index contributed by atoms with van der Waals surface area (Å²) in [6.45, 7) is 4.36. The van der Waals surface area contributed by atoms with Crippen molar-refractivity contribution in [2.75, 3.05) is 32.8 Å². The molecule has 1 saturated heterocycles. The summed E-state index contributed by atoms with van der Waals surface area (Å²) in [6.07, 6.45) is 7.86. The van der Waals surface area contributed by atoms with Gasteiger partial charge in [0.25, 0.3) is 0 Å². The van der Waals surface area contributed by atoms with E-state index in [1.54, 1.807) is 12.5 Å².